The maximum atomic E-state index is 13.5. The Bertz CT molecular complexity index is 344. The largest absolute Gasteiger partial charge is 0.385 e. The molecule has 1 heterocycles. The Labute approximate surface area is 95.3 Å². The zero-order chi connectivity index (χ0) is 12.0. The molecule has 1 aromatic heterocycles. The summed E-state index contributed by atoms with van der Waals surface area (Å²) in [5.74, 6) is 0.589. The summed E-state index contributed by atoms with van der Waals surface area (Å²) >= 11 is 0. The lowest BCUT2D eigenvalue weighted by atomic mass is 10.3. The number of nitrogens with one attached hydrogen (secondary N) is 1. The van der Waals surface area contributed by atoms with Gasteiger partial charge in [0.1, 0.15) is 5.82 Å². The highest BCUT2D eigenvalue weighted by Gasteiger charge is 2.10. The lowest BCUT2D eigenvalue weighted by Gasteiger charge is -2.08. The van der Waals surface area contributed by atoms with Crippen LogP contribution in [0.1, 0.15) is 24.9 Å². The predicted octanol–water partition coefficient (Wildman–Crippen LogP) is 1.93. The van der Waals surface area contributed by atoms with E-state index in [1.807, 2.05) is 6.92 Å². The Kier molecular flexibility index (Phi) is 5.11. The Morgan fingerprint density at radius 1 is 1.38 bits per heavy atom. The second-order valence-corrected chi connectivity index (χ2v) is 3.51. The zero-order valence-electron chi connectivity index (χ0n) is 10.0. The van der Waals surface area contributed by atoms with Crippen molar-refractivity contribution < 1.29 is 9.13 Å². The van der Waals surface area contributed by atoms with E-state index < -0.39 is 0 Å². The number of aromatic nitrogens is 2. The molecule has 0 amide bonds. The predicted molar refractivity (Wildman–Crippen MR) is 61.1 cm³/mol. The van der Waals surface area contributed by atoms with Crippen LogP contribution in [0.2, 0.25) is 0 Å². The van der Waals surface area contributed by atoms with Gasteiger partial charge in [-0.2, -0.15) is 0 Å². The Hall–Kier alpha value is -1.23. The van der Waals surface area contributed by atoms with E-state index in [1.54, 1.807) is 14.0 Å². The minimum absolute atomic E-state index is 0.294. The first-order valence-corrected chi connectivity index (χ1v) is 5.44. The molecule has 0 aliphatic carbocycles. The highest BCUT2D eigenvalue weighted by Crippen LogP contribution is 2.14. The van der Waals surface area contributed by atoms with Gasteiger partial charge in [-0.05, 0) is 20.3 Å². The van der Waals surface area contributed by atoms with E-state index in [1.165, 1.54) is 0 Å². The van der Waals surface area contributed by atoms with Gasteiger partial charge < -0.3 is 10.1 Å². The van der Waals surface area contributed by atoms with Gasteiger partial charge in [-0.3, -0.25) is 0 Å². The molecule has 0 saturated carbocycles. The first-order valence-electron chi connectivity index (χ1n) is 5.44. The second kappa shape index (κ2) is 6.37. The Morgan fingerprint density at radius 3 is 2.75 bits per heavy atom. The molecular weight excluding hydrogens is 209 g/mol. The Morgan fingerprint density at radius 2 is 2.12 bits per heavy atom. The number of ether oxygens (including phenoxy) is 1. The van der Waals surface area contributed by atoms with Crippen molar-refractivity contribution in [1.29, 1.82) is 0 Å². The van der Waals surface area contributed by atoms with E-state index in [2.05, 4.69) is 15.3 Å². The average Bonchev–Trinajstić information content (AvgIpc) is 2.26. The van der Waals surface area contributed by atoms with Crippen LogP contribution < -0.4 is 5.32 Å². The third-order valence-corrected chi connectivity index (χ3v) is 2.16. The SMILES string of the molecule is CCNc1nc(CCCOC)nc(C)c1F. The third kappa shape index (κ3) is 3.41. The summed E-state index contributed by atoms with van der Waals surface area (Å²) in [5, 5.41) is 2.89. The van der Waals surface area contributed by atoms with E-state index in [9.17, 15) is 4.39 Å². The lowest BCUT2D eigenvalue weighted by molar-refractivity contribution is 0.194. The van der Waals surface area contributed by atoms with E-state index in [0.29, 0.717) is 36.9 Å². The van der Waals surface area contributed by atoms with Crippen LogP contribution in [0, 0.1) is 12.7 Å². The summed E-state index contributed by atoms with van der Waals surface area (Å²) in [6, 6.07) is 0. The van der Waals surface area contributed by atoms with Crippen molar-refractivity contribution in [3.05, 3.63) is 17.3 Å². The van der Waals surface area contributed by atoms with E-state index in [4.69, 9.17) is 4.74 Å². The molecule has 0 aliphatic heterocycles. The molecule has 0 saturated heterocycles. The fourth-order valence-electron chi connectivity index (χ4n) is 1.39. The minimum atomic E-state index is -0.364. The number of halogens is 1. The lowest BCUT2D eigenvalue weighted by Crippen LogP contribution is -2.09. The number of aryl methyl sites for hydroxylation is 2. The highest BCUT2D eigenvalue weighted by atomic mass is 19.1. The van der Waals surface area contributed by atoms with Crippen LogP contribution in [0.5, 0.6) is 0 Å². The van der Waals surface area contributed by atoms with Gasteiger partial charge >= 0.3 is 0 Å². The molecule has 1 N–H and O–H groups in total. The maximum Gasteiger partial charge on any atom is 0.186 e. The summed E-state index contributed by atoms with van der Waals surface area (Å²) in [6.07, 6.45) is 1.54. The fraction of sp³-hybridized carbons (Fsp3) is 0.636. The number of rotatable bonds is 6. The minimum Gasteiger partial charge on any atom is -0.385 e. The van der Waals surface area contributed by atoms with Crippen LogP contribution in [0.25, 0.3) is 0 Å². The number of hydrogen-bond acceptors (Lipinski definition) is 4. The summed E-state index contributed by atoms with van der Waals surface area (Å²) in [7, 11) is 1.65. The van der Waals surface area contributed by atoms with Crippen LogP contribution >= 0.6 is 0 Å². The van der Waals surface area contributed by atoms with Gasteiger partial charge in [0.2, 0.25) is 0 Å². The molecule has 4 nitrogen and oxygen atoms in total. The normalized spacial score (nSPS) is 10.5. The molecular formula is C11H18FN3O. The molecule has 0 fully saturated rings. The number of methoxy groups -OCH3 is 1. The van der Waals surface area contributed by atoms with Crippen molar-refractivity contribution in [2.24, 2.45) is 0 Å². The fourth-order valence-corrected chi connectivity index (χ4v) is 1.39. The first kappa shape index (κ1) is 12.8. The monoisotopic (exact) mass is 227 g/mol. The molecule has 0 atom stereocenters. The van der Waals surface area contributed by atoms with Gasteiger partial charge in [-0.25, -0.2) is 14.4 Å². The first-order chi connectivity index (χ1) is 7.69. The van der Waals surface area contributed by atoms with Crippen molar-refractivity contribution in [2.45, 2.75) is 26.7 Å². The smallest absolute Gasteiger partial charge is 0.186 e. The number of anilines is 1. The summed E-state index contributed by atoms with van der Waals surface area (Å²) < 4.78 is 18.5. The van der Waals surface area contributed by atoms with Gasteiger partial charge in [0.05, 0.1) is 5.69 Å². The van der Waals surface area contributed by atoms with Crippen LogP contribution in [-0.4, -0.2) is 30.2 Å². The number of hydrogen-bond donors (Lipinski definition) is 1. The molecule has 0 spiro atoms. The molecule has 0 aliphatic rings. The molecule has 0 aromatic carbocycles. The molecule has 5 heteroatoms. The zero-order valence-corrected chi connectivity index (χ0v) is 10.0. The summed E-state index contributed by atoms with van der Waals surface area (Å²) in [6.45, 7) is 4.86. The second-order valence-electron chi connectivity index (χ2n) is 3.51. The van der Waals surface area contributed by atoms with Crippen molar-refractivity contribution in [2.75, 3.05) is 25.6 Å². The summed E-state index contributed by atoms with van der Waals surface area (Å²) in [4.78, 5) is 8.25. The van der Waals surface area contributed by atoms with Crippen molar-refractivity contribution in [1.82, 2.24) is 9.97 Å². The molecule has 0 unspecified atom stereocenters. The third-order valence-electron chi connectivity index (χ3n) is 2.16. The summed E-state index contributed by atoms with van der Waals surface area (Å²) in [5.41, 5.74) is 0.387. The quantitative estimate of drug-likeness (QED) is 0.754. The van der Waals surface area contributed by atoms with Gasteiger partial charge in [0, 0.05) is 26.7 Å². The van der Waals surface area contributed by atoms with Gasteiger partial charge in [0.15, 0.2) is 11.6 Å². The van der Waals surface area contributed by atoms with Gasteiger partial charge in [-0.1, -0.05) is 0 Å². The average molecular weight is 227 g/mol. The van der Waals surface area contributed by atoms with Crippen LogP contribution in [0.3, 0.4) is 0 Å². The van der Waals surface area contributed by atoms with Crippen LogP contribution in [-0.2, 0) is 11.2 Å². The molecule has 1 aromatic rings. The Balaban J connectivity index is 2.77. The van der Waals surface area contributed by atoms with Gasteiger partial charge in [0.25, 0.3) is 0 Å². The van der Waals surface area contributed by atoms with Crippen molar-refractivity contribution >= 4 is 5.82 Å². The van der Waals surface area contributed by atoms with E-state index in [-0.39, 0.29) is 5.82 Å². The van der Waals surface area contributed by atoms with Crippen molar-refractivity contribution in [3.63, 3.8) is 0 Å². The maximum absolute atomic E-state index is 13.5. The number of nitrogens with zero attached hydrogens (tertiary/aromatic N) is 2. The molecule has 90 valence electrons. The van der Waals surface area contributed by atoms with E-state index >= 15 is 0 Å². The molecule has 1 rings (SSSR count). The van der Waals surface area contributed by atoms with Crippen molar-refractivity contribution in [3.8, 4) is 0 Å². The van der Waals surface area contributed by atoms with Crippen LogP contribution in [0.4, 0.5) is 10.2 Å². The molecule has 16 heavy (non-hydrogen) atoms. The molecule has 0 radical (unpaired) electrons. The van der Waals surface area contributed by atoms with E-state index in [0.717, 1.165) is 6.42 Å². The van der Waals surface area contributed by atoms with Crippen LogP contribution in [0.15, 0.2) is 0 Å². The highest BCUT2D eigenvalue weighted by molar-refractivity contribution is 5.37. The van der Waals surface area contributed by atoms with Gasteiger partial charge in [-0.15, -0.1) is 0 Å². The standard InChI is InChI=1S/C11H18FN3O/c1-4-13-11-10(12)8(2)14-9(15-11)6-5-7-16-3/h4-7H2,1-3H3,(H,13,14,15). The topological polar surface area (TPSA) is 47.0 Å². The molecule has 0 bridgehead atoms.